The molecule has 0 radical (unpaired) electrons. The van der Waals surface area contributed by atoms with Gasteiger partial charge in [0.2, 0.25) is 10.0 Å². The second-order valence-corrected chi connectivity index (χ2v) is 9.62. The van der Waals surface area contributed by atoms with Crippen molar-refractivity contribution in [2.75, 3.05) is 29.9 Å². The molecule has 5 rings (SSSR count). The zero-order valence-corrected chi connectivity index (χ0v) is 17.8. The fraction of sp³-hybridized carbons (Fsp3) is 0.300. The zero-order valence-electron chi connectivity index (χ0n) is 17.0. The molecule has 1 spiro atoms. The van der Waals surface area contributed by atoms with Crippen molar-refractivity contribution in [3.63, 3.8) is 0 Å². The van der Waals surface area contributed by atoms with Crippen LogP contribution in [-0.2, 0) is 19.6 Å². The summed E-state index contributed by atoms with van der Waals surface area (Å²) in [6.07, 6.45) is 4.95. The van der Waals surface area contributed by atoms with Gasteiger partial charge in [-0.15, -0.1) is 0 Å². The lowest BCUT2D eigenvalue weighted by atomic mass is 10.1. The van der Waals surface area contributed by atoms with Gasteiger partial charge in [0, 0.05) is 31.5 Å². The highest BCUT2D eigenvalue weighted by molar-refractivity contribution is 7.89. The van der Waals surface area contributed by atoms with E-state index in [-0.39, 0.29) is 4.90 Å². The first kappa shape index (κ1) is 20.4. The van der Waals surface area contributed by atoms with Gasteiger partial charge in [0.1, 0.15) is 17.8 Å². The molecule has 1 saturated heterocycles. The van der Waals surface area contributed by atoms with E-state index in [1.807, 2.05) is 12.3 Å². The molecule has 2 amide bonds. The molecule has 12 heteroatoms. The molecule has 1 saturated carbocycles. The van der Waals surface area contributed by atoms with Crippen LogP contribution in [0.3, 0.4) is 0 Å². The van der Waals surface area contributed by atoms with Gasteiger partial charge in [0.25, 0.3) is 0 Å². The van der Waals surface area contributed by atoms with Gasteiger partial charge in [-0.3, -0.25) is 9.59 Å². The third kappa shape index (κ3) is 3.56. The molecule has 3 heterocycles. The first-order chi connectivity index (χ1) is 15.3. The van der Waals surface area contributed by atoms with E-state index in [0.29, 0.717) is 25.3 Å². The Bertz CT molecular complexity index is 1320. The quantitative estimate of drug-likeness (QED) is 0.484. The number of amides is 2. The first-order valence-corrected chi connectivity index (χ1v) is 11.6. The number of primary sulfonamides is 1. The van der Waals surface area contributed by atoms with Gasteiger partial charge in [0.05, 0.1) is 15.8 Å². The van der Waals surface area contributed by atoms with Crippen molar-refractivity contribution >= 4 is 44.4 Å². The summed E-state index contributed by atoms with van der Waals surface area (Å²) in [5.74, 6) is -0.552. The van der Waals surface area contributed by atoms with Crippen molar-refractivity contribution in [3.05, 3.63) is 42.9 Å². The van der Waals surface area contributed by atoms with Crippen molar-refractivity contribution in [3.8, 4) is 0 Å². The number of nitrogens with two attached hydrogens (primary N) is 1. The van der Waals surface area contributed by atoms with Crippen LogP contribution in [0.1, 0.15) is 12.8 Å². The number of carbonyl (C=O) groups excluding carboxylic acids is 2. The van der Waals surface area contributed by atoms with Gasteiger partial charge in [-0.2, -0.15) is 0 Å². The number of benzene rings is 1. The Morgan fingerprint density at radius 2 is 1.84 bits per heavy atom. The molecular formula is C20H21N7O4S. The monoisotopic (exact) mass is 455 g/mol. The number of nitrogens with one attached hydrogen (secondary N) is 2. The number of rotatable bonds is 3. The Hall–Kier alpha value is -3.51. The Morgan fingerprint density at radius 3 is 2.53 bits per heavy atom. The lowest BCUT2D eigenvalue weighted by Gasteiger charge is -2.42. The normalized spacial score (nSPS) is 17.5. The summed E-state index contributed by atoms with van der Waals surface area (Å²) in [5.41, 5.74) is 0.679. The number of fused-ring (bicyclic) bond motifs is 1. The third-order valence-corrected chi connectivity index (χ3v) is 6.92. The van der Waals surface area contributed by atoms with Crippen LogP contribution in [0, 0.1) is 0 Å². The second-order valence-electron chi connectivity index (χ2n) is 8.06. The molecule has 32 heavy (non-hydrogen) atoms. The number of H-pyrrole nitrogens is 1. The summed E-state index contributed by atoms with van der Waals surface area (Å²) in [6, 6.07) is 7.27. The number of carbonyl (C=O) groups is 2. The maximum absolute atomic E-state index is 12.9. The third-order valence-electron chi connectivity index (χ3n) is 5.99. The van der Waals surface area contributed by atoms with Crippen LogP contribution >= 0.6 is 0 Å². The number of aromatic nitrogens is 3. The van der Waals surface area contributed by atoms with Gasteiger partial charge < -0.3 is 20.1 Å². The molecule has 0 bridgehead atoms. The first-order valence-electron chi connectivity index (χ1n) is 10.1. The number of hydrogen-bond acceptors (Lipinski definition) is 7. The molecule has 11 nitrogen and oxygen atoms in total. The van der Waals surface area contributed by atoms with E-state index < -0.39 is 27.4 Å². The number of hydrogen-bond donors (Lipinski definition) is 3. The molecule has 1 aliphatic heterocycles. The summed E-state index contributed by atoms with van der Waals surface area (Å²) in [6.45, 7) is 1.53. The Labute approximate surface area is 183 Å². The van der Waals surface area contributed by atoms with Gasteiger partial charge in [0.15, 0.2) is 0 Å². The van der Waals surface area contributed by atoms with E-state index in [2.05, 4.69) is 25.2 Å². The van der Waals surface area contributed by atoms with Crippen LogP contribution in [0.4, 0.5) is 11.5 Å². The number of anilines is 2. The van der Waals surface area contributed by atoms with E-state index in [1.165, 1.54) is 30.6 Å². The highest BCUT2D eigenvalue weighted by atomic mass is 32.2. The predicted molar refractivity (Wildman–Crippen MR) is 116 cm³/mol. The highest BCUT2D eigenvalue weighted by Crippen LogP contribution is 2.45. The number of nitrogens with zero attached hydrogens (tertiary/aromatic N) is 4. The Kier molecular flexibility index (Phi) is 4.64. The molecule has 1 aliphatic carbocycles. The van der Waals surface area contributed by atoms with Crippen LogP contribution in [0.5, 0.6) is 0 Å². The largest absolute Gasteiger partial charge is 0.352 e. The van der Waals surface area contributed by atoms with Crippen molar-refractivity contribution < 1.29 is 18.0 Å². The van der Waals surface area contributed by atoms with E-state index in [1.54, 1.807) is 4.90 Å². The molecule has 1 aromatic carbocycles. The lowest BCUT2D eigenvalue weighted by molar-refractivity contribution is -0.145. The fourth-order valence-corrected chi connectivity index (χ4v) is 4.71. The van der Waals surface area contributed by atoms with Crippen LogP contribution in [0.25, 0.3) is 11.0 Å². The maximum atomic E-state index is 12.9. The highest BCUT2D eigenvalue weighted by Gasteiger charge is 2.54. The molecule has 0 atom stereocenters. The molecule has 4 N–H and O–H groups in total. The van der Waals surface area contributed by atoms with Crippen molar-refractivity contribution in [2.45, 2.75) is 23.3 Å². The van der Waals surface area contributed by atoms with Crippen molar-refractivity contribution in [2.24, 2.45) is 5.14 Å². The van der Waals surface area contributed by atoms with E-state index >= 15 is 0 Å². The maximum Gasteiger partial charge on any atom is 0.313 e. The molecule has 0 unspecified atom stereocenters. The van der Waals surface area contributed by atoms with Gasteiger partial charge in [-0.05, 0) is 43.2 Å². The summed E-state index contributed by atoms with van der Waals surface area (Å²) < 4.78 is 22.7. The van der Waals surface area contributed by atoms with E-state index in [9.17, 15) is 18.0 Å². The van der Waals surface area contributed by atoms with Crippen LogP contribution in [0.15, 0.2) is 47.8 Å². The van der Waals surface area contributed by atoms with Crippen molar-refractivity contribution in [1.82, 2.24) is 19.9 Å². The second kappa shape index (κ2) is 7.28. The number of aromatic amines is 1. The molecule has 2 aliphatic rings. The van der Waals surface area contributed by atoms with Crippen molar-refractivity contribution in [1.29, 1.82) is 0 Å². The van der Waals surface area contributed by atoms with Gasteiger partial charge >= 0.3 is 11.8 Å². The smallest absolute Gasteiger partial charge is 0.313 e. The molecular weight excluding hydrogens is 434 g/mol. The lowest BCUT2D eigenvalue weighted by Crippen LogP contribution is -2.59. The topological polar surface area (TPSA) is 154 Å². The van der Waals surface area contributed by atoms with E-state index in [4.69, 9.17) is 5.14 Å². The summed E-state index contributed by atoms with van der Waals surface area (Å²) in [7, 11) is -3.83. The summed E-state index contributed by atoms with van der Waals surface area (Å²) in [4.78, 5) is 41.0. The van der Waals surface area contributed by atoms with E-state index in [0.717, 1.165) is 29.7 Å². The minimum atomic E-state index is -3.83. The van der Waals surface area contributed by atoms with Gasteiger partial charge in [-0.1, -0.05) is 0 Å². The minimum absolute atomic E-state index is 0.0730. The zero-order chi connectivity index (χ0) is 22.5. The summed E-state index contributed by atoms with van der Waals surface area (Å²) >= 11 is 0. The number of sulfonamides is 1. The summed E-state index contributed by atoms with van der Waals surface area (Å²) in [5, 5.41) is 8.54. The van der Waals surface area contributed by atoms with Crippen LogP contribution < -0.4 is 15.4 Å². The molecule has 2 aromatic heterocycles. The molecule has 166 valence electrons. The average Bonchev–Trinajstić information content (AvgIpc) is 3.34. The number of piperazine rings is 1. The van der Waals surface area contributed by atoms with Crippen LogP contribution in [-0.4, -0.2) is 65.3 Å². The Balaban J connectivity index is 1.29. The fourth-order valence-electron chi connectivity index (χ4n) is 4.19. The standard InChI is InChI=1S/C20H21N7O4S/c21-32(30,31)14-3-1-13(2-4-14)25-18(28)19(29)27-10-9-26(11-20(27)6-7-20)17-15-5-8-22-16(15)23-12-24-17/h1-5,8,12H,6-7,9-11H2,(H,25,28)(H2,21,30,31)(H,22,23,24). The minimum Gasteiger partial charge on any atom is -0.352 e. The SMILES string of the molecule is NS(=O)(=O)c1ccc(NC(=O)C(=O)N2CCN(c3ncnc4[nH]ccc34)CC23CC3)cc1. The van der Waals surface area contributed by atoms with Gasteiger partial charge in [-0.25, -0.2) is 23.5 Å². The average molecular weight is 456 g/mol. The molecule has 3 aromatic rings. The predicted octanol–water partition coefficient (Wildman–Crippen LogP) is 0.425. The molecule has 2 fully saturated rings. The Morgan fingerprint density at radius 1 is 1.09 bits per heavy atom. The van der Waals surface area contributed by atoms with Crippen LogP contribution in [0.2, 0.25) is 0 Å².